The van der Waals surface area contributed by atoms with Crippen molar-refractivity contribution in [1.82, 2.24) is 10.4 Å². The second-order valence-corrected chi connectivity index (χ2v) is 13.5. The second-order valence-electron chi connectivity index (χ2n) is 13.5. The average molecular weight is 585 g/mol. The Bertz CT molecular complexity index is 1400. The number of carbonyl (C=O) groups is 2. The maximum Gasteiger partial charge on any atom is 0.252 e. The Morgan fingerprint density at radius 3 is 2.60 bits per heavy atom. The molecule has 0 spiro atoms. The highest BCUT2D eigenvalue weighted by molar-refractivity contribution is 5.94. The van der Waals surface area contributed by atoms with Crippen molar-refractivity contribution in [2.75, 3.05) is 13.2 Å². The van der Waals surface area contributed by atoms with Crippen molar-refractivity contribution in [3.05, 3.63) is 71.3 Å². The van der Waals surface area contributed by atoms with Crippen molar-refractivity contribution in [2.45, 2.75) is 77.9 Å². The van der Waals surface area contributed by atoms with E-state index in [1.54, 1.807) is 17.2 Å². The number of ketones is 1. The molecule has 2 heterocycles. The van der Waals surface area contributed by atoms with Crippen molar-refractivity contribution in [1.29, 1.82) is 0 Å². The number of fused-ring (bicyclic) bond motifs is 2. The lowest BCUT2D eigenvalue weighted by Gasteiger charge is -2.62. The van der Waals surface area contributed by atoms with E-state index in [1.165, 1.54) is 6.42 Å². The van der Waals surface area contributed by atoms with Gasteiger partial charge in [0.15, 0.2) is 5.78 Å². The van der Waals surface area contributed by atoms with Gasteiger partial charge in [-0.2, -0.15) is 5.06 Å². The van der Waals surface area contributed by atoms with Gasteiger partial charge in [-0.1, -0.05) is 69.9 Å². The Morgan fingerprint density at radius 2 is 1.91 bits per heavy atom. The van der Waals surface area contributed by atoms with Gasteiger partial charge in [0.2, 0.25) is 0 Å². The first-order chi connectivity index (χ1) is 20.7. The van der Waals surface area contributed by atoms with Gasteiger partial charge in [-0.3, -0.25) is 14.4 Å². The summed E-state index contributed by atoms with van der Waals surface area (Å²) in [5.41, 5.74) is 2.78. The van der Waals surface area contributed by atoms with Crippen molar-refractivity contribution in [3.63, 3.8) is 0 Å². The molecule has 7 rings (SSSR count). The molecule has 0 aromatic heterocycles. The fourth-order valence-electron chi connectivity index (χ4n) is 8.24. The molecule has 1 amide bonds. The zero-order valence-corrected chi connectivity index (χ0v) is 25.7. The van der Waals surface area contributed by atoms with Crippen LogP contribution in [-0.4, -0.2) is 59.4 Å². The topological polar surface area (TPSA) is 91.4 Å². The lowest BCUT2D eigenvalue weighted by atomic mass is 9.43. The summed E-state index contributed by atoms with van der Waals surface area (Å²) in [5, 5.41) is 14.7. The quantitative estimate of drug-likeness (QED) is 0.330. The Balaban J connectivity index is 1.11. The summed E-state index contributed by atoms with van der Waals surface area (Å²) in [6.07, 6.45) is 2.37. The summed E-state index contributed by atoms with van der Waals surface area (Å²) >= 11 is 0. The summed E-state index contributed by atoms with van der Waals surface area (Å²) in [7, 11) is 0. The molecule has 3 unspecified atom stereocenters. The molecule has 2 bridgehead atoms. The van der Waals surface area contributed by atoms with E-state index in [-0.39, 0.29) is 43.0 Å². The monoisotopic (exact) mass is 584 g/mol. The van der Waals surface area contributed by atoms with Crippen LogP contribution in [0.25, 0.3) is 0 Å². The molecule has 2 saturated heterocycles. The predicted octanol–water partition coefficient (Wildman–Crippen LogP) is 4.63. The van der Waals surface area contributed by atoms with Crippen LogP contribution in [-0.2, 0) is 20.9 Å². The van der Waals surface area contributed by atoms with Gasteiger partial charge in [-0.15, -0.1) is 0 Å². The SMILES string of the molecule is CC[C@@H]1[C@H](CO)ON(Cc2cccc(C#CCNC(=O)c3ccccc3)c2)[C@@H]1C(=O)[C@H]1OC1C1C[C@H]2CC([C@@H]1C)C2(C)C. The number of epoxide rings is 1. The largest absolute Gasteiger partial charge is 0.394 e. The van der Waals surface area contributed by atoms with E-state index in [4.69, 9.17) is 9.57 Å². The highest BCUT2D eigenvalue weighted by Gasteiger charge is 2.63. The molecule has 228 valence electrons. The van der Waals surface area contributed by atoms with Crippen molar-refractivity contribution < 1.29 is 24.3 Å². The van der Waals surface area contributed by atoms with E-state index in [1.807, 2.05) is 42.5 Å². The van der Waals surface area contributed by atoms with E-state index in [9.17, 15) is 14.7 Å². The van der Waals surface area contributed by atoms with E-state index in [0.29, 0.717) is 35.3 Å². The van der Waals surface area contributed by atoms with E-state index in [0.717, 1.165) is 29.9 Å². The van der Waals surface area contributed by atoms with Gasteiger partial charge in [-0.05, 0) is 78.2 Å². The summed E-state index contributed by atoms with van der Waals surface area (Å²) < 4.78 is 6.17. The molecule has 3 saturated carbocycles. The van der Waals surface area contributed by atoms with Gasteiger partial charge in [0, 0.05) is 23.6 Å². The van der Waals surface area contributed by atoms with E-state index >= 15 is 0 Å². The zero-order chi connectivity index (χ0) is 30.3. The number of aliphatic hydroxyl groups is 1. The van der Waals surface area contributed by atoms with Crippen LogP contribution in [0.1, 0.15) is 68.4 Å². The molecule has 5 aliphatic rings. The minimum atomic E-state index is -0.468. The number of Topliss-reactive ketones (excluding diaryl/α,β-unsaturated/α-hetero) is 1. The third kappa shape index (κ3) is 5.79. The number of nitrogens with one attached hydrogen (secondary N) is 1. The molecule has 2 N–H and O–H groups in total. The average Bonchev–Trinajstić information content (AvgIpc) is 3.73. The number of benzene rings is 2. The van der Waals surface area contributed by atoms with Crippen molar-refractivity contribution in [3.8, 4) is 11.8 Å². The number of hydrogen-bond acceptors (Lipinski definition) is 6. The molecule has 7 heteroatoms. The number of hydroxylamine groups is 2. The van der Waals surface area contributed by atoms with Crippen LogP contribution in [0, 0.1) is 46.8 Å². The Labute approximate surface area is 255 Å². The molecule has 9 atom stereocenters. The van der Waals surface area contributed by atoms with E-state index in [2.05, 4.69) is 44.9 Å². The molecule has 3 aliphatic carbocycles. The minimum absolute atomic E-state index is 0.00239. The van der Waals surface area contributed by atoms with E-state index < -0.39 is 12.1 Å². The van der Waals surface area contributed by atoms with Crippen LogP contribution in [0.2, 0.25) is 0 Å². The fourth-order valence-corrected chi connectivity index (χ4v) is 8.24. The summed E-state index contributed by atoms with van der Waals surface area (Å²) in [6, 6.07) is 16.4. The first-order valence-electron chi connectivity index (χ1n) is 15.9. The maximum atomic E-state index is 14.0. The minimum Gasteiger partial charge on any atom is -0.394 e. The van der Waals surface area contributed by atoms with Crippen molar-refractivity contribution in [2.24, 2.45) is 35.0 Å². The lowest BCUT2D eigenvalue weighted by Crippen LogP contribution is -2.56. The molecular formula is C36H44N2O5. The van der Waals surface area contributed by atoms with Gasteiger partial charge >= 0.3 is 0 Å². The third-order valence-electron chi connectivity index (χ3n) is 10.9. The second kappa shape index (κ2) is 12.2. The number of amides is 1. The number of ether oxygens (including phenoxy) is 1. The maximum absolute atomic E-state index is 14.0. The molecule has 2 aromatic carbocycles. The number of carbonyl (C=O) groups excluding carboxylic acids is 2. The summed E-state index contributed by atoms with van der Waals surface area (Å²) in [5.74, 6) is 8.40. The first kappa shape index (κ1) is 30.0. The van der Waals surface area contributed by atoms with Crippen LogP contribution in [0.15, 0.2) is 54.6 Å². The first-order valence-corrected chi connectivity index (χ1v) is 15.9. The molecule has 0 radical (unpaired) electrons. The number of rotatable bonds is 9. The third-order valence-corrected chi connectivity index (χ3v) is 10.9. The summed E-state index contributed by atoms with van der Waals surface area (Å²) in [6.45, 7) is 9.70. The Hall–Kier alpha value is -3.02. The molecular weight excluding hydrogens is 540 g/mol. The van der Waals surface area contributed by atoms with Gasteiger partial charge in [0.1, 0.15) is 18.2 Å². The van der Waals surface area contributed by atoms with Crippen molar-refractivity contribution >= 4 is 11.7 Å². The smallest absolute Gasteiger partial charge is 0.252 e. The number of hydrogen-bond donors (Lipinski definition) is 2. The Kier molecular flexibility index (Phi) is 8.50. The molecule has 2 aliphatic heterocycles. The lowest BCUT2D eigenvalue weighted by molar-refractivity contribution is -0.181. The Morgan fingerprint density at radius 1 is 1.12 bits per heavy atom. The fraction of sp³-hybridized carbons (Fsp3) is 0.556. The number of nitrogens with zero attached hydrogens (tertiary/aromatic N) is 1. The molecule has 7 nitrogen and oxygen atoms in total. The van der Waals surface area contributed by atoms with Gasteiger partial charge in [0.25, 0.3) is 5.91 Å². The van der Waals surface area contributed by atoms with Crippen LogP contribution in [0.5, 0.6) is 0 Å². The van der Waals surface area contributed by atoms with Gasteiger partial charge in [0.05, 0.1) is 19.3 Å². The molecule has 2 aromatic rings. The number of aliphatic hydroxyl groups excluding tert-OH is 1. The highest BCUT2D eigenvalue weighted by Crippen LogP contribution is 2.65. The van der Waals surface area contributed by atoms with Crippen LogP contribution >= 0.6 is 0 Å². The summed E-state index contributed by atoms with van der Waals surface area (Å²) in [4.78, 5) is 32.5. The van der Waals surface area contributed by atoms with Crippen LogP contribution in [0.3, 0.4) is 0 Å². The normalized spacial score (nSPS) is 34.0. The highest BCUT2D eigenvalue weighted by atomic mass is 16.7. The zero-order valence-electron chi connectivity index (χ0n) is 25.7. The molecule has 5 fully saturated rings. The van der Waals surface area contributed by atoms with Crippen LogP contribution < -0.4 is 5.32 Å². The standard InChI is InChI=1S/C36H44N2O5/c1-5-27-30(21-39)43-38(31(27)32(40)34-33(42-34)28-18-26-19-29(22(28)2)36(26,3)4)20-24-12-9-11-23(17-24)13-10-16-37-35(41)25-14-7-6-8-15-25/h6-9,11-12,14-15,17,22,26-31,33-34,39H,5,16,18-21H2,1-4H3,(H,37,41)/t22-,26+,27-,28?,29?,30+,31+,33?,34-/m1/s1. The molecule has 43 heavy (non-hydrogen) atoms. The van der Waals surface area contributed by atoms with Gasteiger partial charge < -0.3 is 15.2 Å². The van der Waals surface area contributed by atoms with Gasteiger partial charge in [-0.25, -0.2) is 0 Å². The predicted molar refractivity (Wildman–Crippen MR) is 163 cm³/mol. The van der Waals surface area contributed by atoms with Crippen LogP contribution in [0.4, 0.5) is 0 Å².